The van der Waals surface area contributed by atoms with Crippen molar-refractivity contribution in [3.8, 4) is 0 Å². The first kappa shape index (κ1) is 14.5. The summed E-state index contributed by atoms with van der Waals surface area (Å²) in [5.41, 5.74) is 2.84. The maximum atomic E-state index is 10.8. The highest BCUT2D eigenvalue weighted by atomic mass is 16.3. The van der Waals surface area contributed by atoms with E-state index in [-0.39, 0.29) is 0 Å². The zero-order valence-electron chi connectivity index (χ0n) is 12.6. The van der Waals surface area contributed by atoms with Crippen LogP contribution in [0.3, 0.4) is 0 Å². The van der Waals surface area contributed by atoms with Crippen molar-refractivity contribution in [2.45, 2.75) is 52.1 Å². The van der Waals surface area contributed by atoms with E-state index in [1.807, 2.05) is 6.92 Å². The molecule has 2 nitrogen and oxygen atoms in total. The van der Waals surface area contributed by atoms with Crippen LogP contribution in [-0.2, 0) is 5.60 Å². The van der Waals surface area contributed by atoms with Gasteiger partial charge in [-0.15, -0.1) is 0 Å². The lowest BCUT2D eigenvalue weighted by Crippen LogP contribution is -2.39. The molecule has 1 unspecified atom stereocenters. The van der Waals surface area contributed by atoms with Crippen molar-refractivity contribution in [1.29, 1.82) is 0 Å². The van der Waals surface area contributed by atoms with Crippen molar-refractivity contribution in [3.63, 3.8) is 0 Å². The predicted molar refractivity (Wildman–Crippen MR) is 80.4 cm³/mol. The Morgan fingerprint density at radius 3 is 2.26 bits per heavy atom. The van der Waals surface area contributed by atoms with Crippen LogP contribution >= 0.6 is 0 Å². The molecule has 1 fully saturated rings. The minimum atomic E-state index is -0.747. The number of hydrogen-bond acceptors (Lipinski definition) is 2. The van der Waals surface area contributed by atoms with Crippen LogP contribution in [0.4, 0.5) is 0 Å². The molecule has 2 heteroatoms. The van der Waals surface area contributed by atoms with Gasteiger partial charge in [0.25, 0.3) is 0 Å². The molecule has 1 heterocycles. The van der Waals surface area contributed by atoms with Crippen molar-refractivity contribution in [2.75, 3.05) is 19.6 Å². The Morgan fingerprint density at radius 1 is 1.05 bits per heavy atom. The predicted octanol–water partition coefficient (Wildman–Crippen LogP) is 3.39. The molecule has 0 aliphatic carbocycles. The standard InChI is InChI=1S/C17H27NO/c1-14-8-9-16(12-15(14)2)17(3,19)13-18-10-6-4-5-7-11-18/h8-9,12,19H,4-7,10-11,13H2,1-3H3. The van der Waals surface area contributed by atoms with E-state index in [1.54, 1.807) is 0 Å². The fraction of sp³-hybridized carbons (Fsp3) is 0.647. The molecule has 106 valence electrons. The van der Waals surface area contributed by atoms with Gasteiger partial charge in [-0.3, -0.25) is 0 Å². The average Bonchev–Trinajstić information content (AvgIpc) is 2.60. The zero-order valence-corrected chi connectivity index (χ0v) is 12.6. The molecule has 1 aromatic carbocycles. The summed E-state index contributed by atoms with van der Waals surface area (Å²) in [7, 11) is 0. The first-order valence-corrected chi connectivity index (χ1v) is 7.51. The SMILES string of the molecule is Cc1ccc(C(C)(O)CN2CCCCCC2)cc1C. The maximum absolute atomic E-state index is 10.8. The molecule has 0 amide bonds. The second kappa shape index (κ2) is 6.06. The van der Waals surface area contributed by atoms with Gasteiger partial charge < -0.3 is 10.0 Å². The van der Waals surface area contributed by atoms with Crippen molar-refractivity contribution >= 4 is 0 Å². The maximum Gasteiger partial charge on any atom is 0.0994 e. The normalized spacial score (nSPS) is 20.8. The fourth-order valence-electron chi connectivity index (χ4n) is 2.90. The van der Waals surface area contributed by atoms with Crippen molar-refractivity contribution in [3.05, 3.63) is 34.9 Å². The Hall–Kier alpha value is -0.860. The summed E-state index contributed by atoms with van der Waals surface area (Å²) in [4.78, 5) is 2.42. The molecule has 19 heavy (non-hydrogen) atoms. The molecule has 1 atom stereocenters. The Bertz CT molecular complexity index is 417. The van der Waals surface area contributed by atoms with Crippen LogP contribution in [0.5, 0.6) is 0 Å². The molecule has 0 bridgehead atoms. The molecule has 1 aliphatic heterocycles. The summed E-state index contributed by atoms with van der Waals surface area (Å²) >= 11 is 0. The summed E-state index contributed by atoms with van der Waals surface area (Å²) in [6.07, 6.45) is 5.20. The minimum absolute atomic E-state index is 0.746. The van der Waals surface area contributed by atoms with E-state index in [2.05, 4.69) is 36.9 Å². The Labute approximate surface area is 117 Å². The van der Waals surface area contributed by atoms with Crippen LogP contribution in [0.1, 0.15) is 49.3 Å². The Balaban J connectivity index is 2.09. The lowest BCUT2D eigenvalue weighted by atomic mass is 9.92. The largest absolute Gasteiger partial charge is 0.384 e. The average molecular weight is 261 g/mol. The van der Waals surface area contributed by atoms with Gasteiger partial charge in [-0.05, 0) is 63.4 Å². The van der Waals surface area contributed by atoms with Crippen LogP contribution < -0.4 is 0 Å². The zero-order chi connectivity index (χ0) is 13.9. The van der Waals surface area contributed by atoms with Gasteiger partial charge in [0, 0.05) is 6.54 Å². The van der Waals surface area contributed by atoms with Gasteiger partial charge >= 0.3 is 0 Å². The van der Waals surface area contributed by atoms with E-state index in [4.69, 9.17) is 0 Å². The van der Waals surface area contributed by atoms with Crippen LogP contribution in [-0.4, -0.2) is 29.6 Å². The van der Waals surface area contributed by atoms with Crippen LogP contribution in [0.2, 0.25) is 0 Å². The smallest absolute Gasteiger partial charge is 0.0994 e. The van der Waals surface area contributed by atoms with Gasteiger partial charge in [-0.2, -0.15) is 0 Å². The number of β-amino-alcohol motifs (C(OH)–C–C–N with tert-alkyl or cyclic N) is 1. The van der Waals surface area contributed by atoms with Gasteiger partial charge in [0.2, 0.25) is 0 Å². The Kier molecular flexibility index (Phi) is 4.64. The van der Waals surface area contributed by atoms with Crippen LogP contribution in [0, 0.1) is 13.8 Å². The summed E-state index contributed by atoms with van der Waals surface area (Å²) < 4.78 is 0. The van der Waals surface area contributed by atoms with E-state index in [0.29, 0.717) is 0 Å². The minimum Gasteiger partial charge on any atom is -0.384 e. The highest BCUT2D eigenvalue weighted by molar-refractivity contribution is 5.33. The number of hydrogen-bond donors (Lipinski definition) is 1. The van der Waals surface area contributed by atoms with Crippen molar-refractivity contribution in [2.24, 2.45) is 0 Å². The van der Waals surface area contributed by atoms with E-state index in [0.717, 1.165) is 25.2 Å². The van der Waals surface area contributed by atoms with Gasteiger partial charge in [0.1, 0.15) is 0 Å². The van der Waals surface area contributed by atoms with E-state index >= 15 is 0 Å². The Morgan fingerprint density at radius 2 is 1.68 bits per heavy atom. The first-order chi connectivity index (χ1) is 8.99. The number of rotatable bonds is 3. The molecule has 0 saturated carbocycles. The molecule has 1 aromatic rings. The highest BCUT2D eigenvalue weighted by Crippen LogP contribution is 2.25. The van der Waals surface area contributed by atoms with E-state index in [1.165, 1.54) is 36.8 Å². The molecular formula is C17H27NO. The third-order valence-corrected chi connectivity index (χ3v) is 4.36. The quantitative estimate of drug-likeness (QED) is 0.901. The van der Waals surface area contributed by atoms with Crippen molar-refractivity contribution < 1.29 is 5.11 Å². The molecule has 2 rings (SSSR count). The van der Waals surface area contributed by atoms with Gasteiger partial charge in [-0.1, -0.05) is 31.0 Å². The molecule has 1 N–H and O–H groups in total. The lowest BCUT2D eigenvalue weighted by Gasteiger charge is -2.31. The number of nitrogens with zero attached hydrogens (tertiary/aromatic N) is 1. The fourth-order valence-corrected chi connectivity index (χ4v) is 2.90. The van der Waals surface area contributed by atoms with Crippen molar-refractivity contribution in [1.82, 2.24) is 4.90 Å². The van der Waals surface area contributed by atoms with Crippen LogP contribution in [0.15, 0.2) is 18.2 Å². The van der Waals surface area contributed by atoms with Gasteiger partial charge in [0.15, 0.2) is 0 Å². The molecule has 1 saturated heterocycles. The molecule has 0 aromatic heterocycles. The number of aliphatic hydroxyl groups is 1. The third kappa shape index (κ3) is 3.80. The van der Waals surface area contributed by atoms with Crippen LogP contribution in [0.25, 0.3) is 0 Å². The molecular weight excluding hydrogens is 234 g/mol. The van der Waals surface area contributed by atoms with E-state index < -0.39 is 5.60 Å². The summed E-state index contributed by atoms with van der Waals surface area (Å²) in [5.74, 6) is 0. The van der Waals surface area contributed by atoms with Gasteiger partial charge in [0.05, 0.1) is 5.60 Å². The third-order valence-electron chi connectivity index (χ3n) is 4.36. The number of benzene rings is 1. The topological polar surface area (TPSA) is 23.5 Å². The summed E-state index contributed by atoms with van der Waals surface area (Å²) in [6, 6.07) is 6.31. The lowest BCUT2D eigenvalue weighted by molar-refractivity contribution is 0.0168. The number of likely N-dealkylation sites (tertiary alicyclic amines) is 1. The second-order valence-electron chi connectivity index (χ2n) is 6.26. The summed E-state index contributed by atoms with van der Waals surface area (Å²) in [6.45, 7) is 9.17. The monoisotopic (exact) mass is 261 g/mol. The number of aryl methyl sites for hydroxylation is 2. The molecule has 0 spiro atoms. The highest BCUT2D eigenvalue weighted by Gasteiger charge is 2.26. The first-order valence-electron chi connectivity index (χ1n) is 7.51. The van der Waals surface area contributed by atoms with Gasteiger partial charge in [-0.25, -0.2) is 0 Å². The molecule has 0 radical (unpaired) electrons. The molecule has 1 aliphatic rings. The second-order valence-corrected chi connectivity index (χ2v) is 6.26. The van der Waals surface area contributed by atoms with E-state index in [9.17, 15) is 5.11 Å². The summed E-state index contributed by atoms with van der Waals surface area (Å²) in [5, 5.41) is 10.8.